The van der Waals surface area contributed by atoms with Gasteiger partial charge in [0.15, 0.2) is 0 Å². The van der Waals surface area contributed by atoms with Crippen LogP contribution in [0.4, 0.5) is 0 Å². The Hall–Kier alpha value is -0.770. The van der Waals surface area contributed by atoms with Crippen LogP contribution in [0.1, 0.15) is 17.2 Å². The molecule has 0 spiro atoms. The molecule has 2 aromatic carbocycles. The standard InChI is InChI=1S/C14H13Cl3N2/c15-11-4-2-1-3-9(11)8-14(19-18)10-5-6-12(16)13(17)7-10/h1-7,14,19H,8,18H2. The number of hydrogen-bond acceptors (Lipinski definition) is 2. The molecule has 3 N–H and O–H groups in total. The smallest absolute Gasteiger partial charge is 0.0595 e. The summed E-state index contributed by atoms with van der Waals surface area (Å²) in [5.41, 5.74) is 4.78. The van der Waals surface area contributed by atoms with Crippen molar-refractivity contribution in [1.29, 1.82) is 0 Å². The molecule has 0 aliphatic heterocycles. The highest BCUT2D eigenvalue weighted by molar-refractivity contribution is 6.42. The van der Waals surface area contributed by atoms with Gasteiger partial charge in [-0.1, -0.05) is 59.1 Å². The van der Waals surface area contributed by atoms with Gasteiger partial charge < -0.3 is 0 Å². The van der Waals surface area contributed by atoms with Crippen molar-refractivity contribution in [2.45, 2.75) is 12.5 Å². The summed E-state index contributed by atoms with van der Waals surface area (Å²) in [4.78, 5) is 0. The first-order chi connectivity index (χ1) is 9.11. The third kappa shape index (κ3) is 3.62. The van der Waals surface area contributed by atoms with Crippen LogP contribution in [0, 0.1) is 0 Å². The fourth-order valence-electron chi connectivity index (χ4n) is 1.89. The highest BCUT2D eigenvalue weighted by Crippen LogP contribution is 2.28. The quantitative estimate of drug-likeness (QED) is 0.648. The van der Waals surface area contributed by atoms with E-state index in [1.807, 2.05) is 36.4 Å². The van der Waals surface area contributed by atoms with E-state index >= 15 is 0 Å². The lowest BCUT2D eigenvalue weighted by molar-refractivity contribution is 0.552. The zero-order valence-electron chi connectivity index (χ0n) is 10.0. The molecular weight excluding hydrogens is 303 g/mol. The van der Waals surface area contributed by atoms with Crippen LogP contribution < -0.4 is 11.3 Å². The van der Waals surface area contributed by atoms with E-state index in [1.54, 1.807) is 6.07 Å². The van der Waals surface area contributed by atoms with Crippen molar-refractivity contribution in [3.63, 3.8) is 0 Å². The predicted octanol–water partition coefficient (Wildman–Crippen LogP) is 4.39. The fraction of sp³-hybridized carbons (Fsp3) is 0.143. The summed E-state index contributed by atoms with van der Waals surface area (Å²) in [6, 6.07) is 13.1. The molecule has 0 aromatic heterocycles. The molecule has 100 valence electrons. The average Bonchev–Trinajstić information content (AvgIpc) is 2.41. The van der Waals surface area contributed by atoms with Crippen LogP contribution >= 0.6 is 34.8 Å². The summed E-state index contributed by atoms with van der Waals surface area (Å²) in [6.45, 7) is 0. The molecule has 0 aliphatic carbocycles. The Morgan fingerprint density at radius 2 is 1.68 bits per heavy atom. The summed E-state index contributed by atoms with van der Waals surface area (Å²) in [6.07, 6.45) is 0.675. The van der Waals surface area contributed by atoms with Crippen molar-refractivity contribution < 1.29 is 0 Å². The van der Waals surface area contributed by atoms with E-state index in [0.717, 1.165) is 16.1 Å². The average molecular weight is 316 g/mol. The van der Waals surface area contributed by atoms with Gasteiger partial charge in [-0.05, 0) is 35.7 Å². The molecule has 2 rings (SSSR count). The van der Waals surface area contributed by atoms with Crippen LogP contribution in [0.3, 0.4) is 0 Å². The van der Waals surface area contributed by atoms with Gasteiger partial charge >= 0.3 is 0 Å². The molecular formula is C14H13Cl3N2. The Morgan fingerprint density at radius 3 is 2.32 bits per heavy atom. The third-order valence-corrected chi connectivity index (χ3v) is 4.04. The van der Waals surface area contributed by atoms with Crippen molar-refractivity contribution in [1.82, 2.24) is 5.43 Å². The first-order valence-electron chi connectivity index (χ1n) is 5.76. The van der Waals surface area contributed by atoms with E-state index in [2.05, 4.69) is 5.43 Å². The molecule has 0 saturated carbocycles. The van der Waals surface area contributed by atoms with Gasteiger partial charge in [-0.15, -0.1) is 0 Å². The molecule has 0 bridgehead atoms. The number of nitrogens with one attached hydrogen (secondary N) is 1. The van der Waals surface area contributed by atoms with Crippen molar-refractivity contribution in [2.24, 2.45) is 5.84 Å². The maximum Gasteiger partial charge on any atom is 0.0595 e. The number of hydrazine groups is 1. The summed E-state index contributed by atoms with van der Waals surface area (Å²) in [5, 5.41) is 1.76. The molecule has 5 heteroatoms. The van der Waals surface area contributed by atoms with Crippen molar-refractivity contribution in [3.8, 4) is 0 Å². The molecule has 0 amide bonds. The molecule has 19 heavy (non-hydrogen) atoms. The fourth-order valence-corrected chi connectivity index (χ4v) is 2.41. The zero-order chi connectivity index (χ0) is 13.8. The van der Waals surface area contributed by atoms with Crippen LogP contribution in [-0.4, -0.2) is 0 Å². The summed E-state index contributed by atoms with van der Waals surface area (Å²) < 4.78 is 0. The van der Waals surface area contributed by atoms with Crippen LogP contribution in [0.5, 0.6) is 0 Å². The number of halogens is 3. The highest BCUT2D eigenvalue weighted by atomic mass is 35.5. The highest BCUT2D eigenvalue weighted by Gasteiger charge is 2.13. The summed E-state index contributed by atoms with van der Waals surface area (Å²) >= 11 is 18.1. The van der Waals surface area contributed by atoms with E-state index in [0.29, 0.717) is 16.5 Å². The Kier molecular flexibility index (Phi) is 5.08. The maximum atomic E-state index is 6.15. The molecule has 0 fully saturated rings. The predicted molar refractivity (Wildman–Crippen MR) is 81.7 cm³/mol. The second kappa shape index (κ2) is 6.60. The van der Waals surface area contributed by atoms with Crippen molar-refractivity contribution >= 4 is 34.8 Å². The van der Waals surface area contributed by atoms with E-state index in [4.69, 9.17) is 40.6 Å². The molecule has 2 nitrogen and oxygen atoms in total. The Labute approximate surface area is 127 Å². The van der Waals surface area contributed by atoms with Crippen molar-refractivity contribution in [2.75, 3.05) is 0 Å². The van der Waals surface area contributed by atoms with Crippen LogP contribution in [0.2, 0.25) is 15.1 Å². The van der Waals surface area contributed by atoms with Crippen LogP contribution in [0.15, 0.2) is 42.5 Å². The Balaban J connectivity index is 2.25. The number of rotatable bonds is 4. The lowest BCUT2D eigenvalue weighted by atomic mass is 9.99. The minimum atomic E-state index is -0.0744. The third-order valence-electron chi connectivity index (χ3n) is 2.93. The van der Waals surface area contributed by atoms with E-state index in [1.165, 1.54) is 0 Å². The van der Waals surface area contributed by atoms with Crippen LogP contribution in [-0.2, 0) is 6.42 Å². The summed E-state index contributed by atoms with van der Waals surface area (Å²) in [5.74, 6) is 5.62. The SMILES string of the molecule is NNC(Cc1ccccc1Cl)c1ccc(Cl)c(Cl)c1. The topological polar surface area (TPSA) is 38.0 Å². The number of hydrogen-bond donors (Lipinski definition) is 2. The van der Waals surface area contributed by atoms with E-state index in [9.17, 15) is 0 Å². The first kappa shape index (κ1) is 14.6. The Bertz CT molecular complexity index is 572. The van der Waals surface area contributed by atoms with Gasteiger partial charge in [0.25, 0.3) is 0 Å². The van der Waals surface area contributed by atoms with Gasteiger partial charge in [0, 0.05) is 5.02 Å². The molecule has 2 aromatic rings. The second-order valence-electron chi connectivity index (χ2n) is 4.19. The van der Waals surface area contributed by atoms with Gasteiger partial charge in [-0.3, -0.25) is 11.3 Å². The lowest BCUT2D eigenvalue weighted by Crippen LogP contribution is -2.29. The maximum absolute atomic E-state index is 6.15. The monoisotopic (exact) mass is 314 g/mol. The van der Waals surface area contributed by atoms with Gasteiger partial charge in [0.1, 0.15) is 0 Å². The lowest BCUT2D eigenvalue weighted by Gasteiger charge is -2.17. The van der Waals surface area contributed by atoms with E-state index in [-0.39, 0.29) is 6.04 Å². The Morgan fingerprint density at radius 1 is 0.947 bits per heavy atom. The molecule has 0 radical (unpaired) electrons. The number of benzene rings is 2. The second-order valence-corrected chi connectivity index (χ2v) is 5.41. The molecule has 1 unspecified atom stereocenters. The normalized spacial score (nSPS) is 12.4. The molecule has 0 heterocycles. The van der Waals surface area contributed by atoms with Gasteiger partial charge in [0.05, 0.1) is 16.1 Å². The van der Waals surface area contributed by atoms with Gasteiger partial charge in [0.2, 0.25) is 0 Å². The molecule has 1 atom stereocenters. The van der Waals surface area contributed by atoms with E-state index < -0.39 is 0 Å². The summed E-state index contributed by atoms with van der Waals surface area (Å²) in [7, 11) is 0. The van der Waals surface area contributed by atoms with Gasteiger partial charge in [-0.25, -0.2) is 0 Å². The largest absolute Gasteiger partial charge is 0.271 e. The minimum absolute atomic E-state index is 0.0744. The zero-order valence-corrected chi connectivity index (χ0v) is 12.3. The number of nitrogens with two attached hydrogens (primary N) is 1. The molecule has 0 saturated heterocycles. The van der Waals surface area contributed by atoms with Gasteiger partial charge in [-0.2, -0.15) is 0 Å². The van der Waals surface area contributed by atoms with Crippen molar-refractivity contribution in [3.05, 3.63) is 68.7 Å². The molecule has 0 aliphatic rings. The minimum Gasteiger partial charge on any atom is -0.271 e. The first-order valence-corrected chi connectivity index (χ1v) is 6.89. The van der Waals surface area contributed by atoms with Crippen LogP contribution in [0.25, 0.3) is 0 Å².